The Morgan fingerprint density at radius 1 is 1.09 bits per heavy atom. The van der Waals surface area contributed by atoms with Crippen LogP contribution in [0.3, 0.4) is 0 Å². The van der Waals surface area contributed by atoms with Crippen LogP contribution in [0.15, 0.2) is 40.7 Å². The number of halogens is 1. The Hall–Kier alpha value is -2.62. The molecule has 0 radical (unpaired) electrons. The van der Waals surface area contributed by atoms with Gasteiger partial charge in [0, 0.05) is 16.4 Å². The maximum absolute atomic E-state index is 12.7. The molecule has 1 aliphatic rings. The third-order valence-electron chi connectivity index (χ3n) is 5.84. The van der Waals surface area contributed by atoms with Crippen molar-refractivity contribution >= 4 is 74.1 Å². The van der Waals surface area contributed by atoms with E-state index < -0.39 is 17.8 Å². The van der Waals surface area contributed by atoms with Crippen LogP contribution in [0.1, 0.15) is 31.2 Å². The first-order valence-electron chi connectivity index (χ1n) is 10.9. The molecule has 0 aliphatic heterocycles. The summed E-state index contributed by atoms with van der Waals surface area (Å²) in [6.45, 7) is 1.90. The van der Waals surface area contributed by atoms with Gasteiger partial charge in [0.2, 0.25) is 11.8 Å². The van der Waals surface area contributed by atoms with E-state index in [1.165, 1.54) is 23.1 Å². The van der Waals surface area contributed by atoms with Gasteiger partial charge in [0.05, 0.1) is 27.8 Å². The summed E-state index contributed by atoms with van der Waals surface area (Å²) in [6.07, 6.45) is 2.82. The SMILES string of the molecule is Cc1ccc(NC(=O)CSc2nc3ccc(NC(=O)[C@@H]4CCCC[C@@H]4C(=O)O)cc3s2)cc1Cl. The molecule has 3 aromatic rings. The van der Waals surface area contributed by atoms with Crippen molar-refractivity contribution in [3.05, 3.63) is 47.0 Å². The number of aromatic nitrogens is 1. The van der Waals surface area contributed by atoms with Gasteiger partial charge in [-0.3, -0.25) is 14.4 Å². The number of thioether (sulfide) groups is 1. The Labute approximate surface area is 210 Å². The van der Waals surface area contributed by atoms with Gasteiger partial charge in [0.15, 0.2) is 4.34 Å². The maximum Gasteiger partial charge on any atom is 0.307 e. The number of carbonyl (C=O) groups is 3. The summed E-state index contributed by atoms with van der Waals surface area (Å²) in [5.74, 6) is -2.26. The highest BCUT2D eigenvalue weighted by Crippen LogP contribution is 2.34. The molecular weight excluding hydrogens is 494 g/mol. The number of carbonyl (C=O) groups excluding carboxylic acids is 2. The molecule has 4 rings (SSSR count). The molecule has 1 heterocycles. The van der Waals surface area contributed by atoms with Crippen molar-refractivity contribution in [3.8, 4) is 0 Å². The normalized spacial score (nSPS) is 17.9. The largest absolute Gasteiger partial charge is 0.481 e. The van der Waals surface area contributed by atoms with Gasteiger partial charge in [-0.15, -0.1) is 11.3 Å². The number of fused-ring (bicyclic) bond motifs is 1. The van der Waals surface area contributed by atoms with Gasteiger partial charge in [0.1, 0.15) is 0 Å². The monoisotopic (exact) mass is 517 g/mol. The van der Waals surface area contributed by atoms with Gasteiger partial charge < -0.3 is 15.7 Å². The molecule has 1 aromatic heterocycles. The van der Waals surface area contributed by atoms with E-state index in [0.717, 1.165) is 33.0 Å². The van der Waals surface area contributed by atoms with Crippen molar-refractivity contribution in [2.45, 2.75) is 36.9 Å². The summed E-state index contributed by atoms with van der Waals surface area (Å²) in [4.78, 5) is 41.1. The number of thiazole rings is 1. The van der Waals surface area contributed by atoms with Crippen molar-refractivity contribution in [1.29, 1.82) is 0 Å². The van der Waals surface area contributed by atoms with Crippen molar-refractivity contribution in [1.82, 2.24) is 4.98 Å². The summed E-state index contributed by atoms with van der Waals surface area (Å²) in [7, 11) is 0. The van der Waals surface area contributed by atoms with Crippen molar-refractivity contribution in [2.75, 3.05) is 16.4 Å². The first-order valence-corrected chi connectivity index (χ1v) is 13.1. The second-order valence-electron chi connectivity index (χ2n) is 8.29. The molecule has 10 heteroatoms. The minimum atomic E-state index is -0.908. The van der Waals surface area contributed by atoms with E-state index in [1.807, 2.05) is 31.2 Å². The molecule has 3 N–H and O–H groups in total. The number of hydrogen-bond acceptors (Lipinski definition) is 6. The van der Waals surface area contributed by atoms with E-state index in [1.54, 1.807) is 12.1 Å². The van der Waals surface area contributed by atoms with Crippen LogP contribution in [-0.2, 0) is 14.4 Å². The first kappa shape index (κ1) is 24.5. The Bertz CT molecular complexity index is 1250. The molecule has 0 spiro atoms. The Kier molecular flexibility index (Phi) is 7.75. The molecular formula is C24H24ClN3O4S2. The van der Waals surface area contributed by atoms with Crippen LogP contribution in [0.25, 0.3) is 10.2 Å². The topological polar surface area (TPSA) is 108 Å². The first-order chi connectivity index (χ1) is 16.3. The van der Waals surface area contributed by atoms with E-state index >= 15 is 0 Å². The standard InChI is InChI=1S/C24H24ClN3O4S2/c1-13-6-7-14(10-18(13)25)26-21(29)12-33-24-28-19-9-8-15(11-20(19)34-24)27-22(30)16-4-2-3-5-17(16)23(31)32/h6-11,16-17H,2-5,12H2,1H3,(H,26,29)(H,27,30)(H,31,32)/t16-,17+/m1/s1. The highest BCUT2D eigenvalue weighted by atomic mass is 35.5. The van der Waals surface area contributed by atoms with Gasteiger partial charge >= 0.3 is 5.97 Å². The van der Waals surface area contributed by atoms with E-state index in [2.05, 4.69) is 15.6 Å². The third-order valence-corrected chi connectivity index (χ3v) is 8.41. The predicted octanol–water partition coefficient (Wildman–Crippen LogP) is 5.82. The van der Waals surface area contributed by atoms with Crippen LogP contribution in [0, 0.1) is 18.8 Å². The number of anilines is 2. The number of benzene rings is 2. The fourth-order valence-corrected chi connectivity index (χ4v) is 6.10. The van der Waals surface area contributed by atoms with Crippen LogP contribution in [0.4, 0.5) is 11.4 Å². The lowest BCUT2D eigenvalue weighted by Gasteiger charge is -2.27. The smallest absolute Gasteiger partial charge is 0.307 e. The third kappa shape index (κ3) is 5.89. The van der Waals surface area contributed by atoms with Crippen molar-refractivity contribution in [3.63, 3.8) is 0 Å². The van der Waals surface area contributed by atoms with E-state index in [-0.39, 0.29) is 17.6 Å². The van der Waals surface area contributed by atoms with Gasteiger partial charge in [-0.25, -0.2) is 4.98 Å². The zero-order chi connectivity index (χ0) is 24.2. The number of aryl methyl sites for hydroxylation is 1. The fourth-order valence-electron chi connectivity index (χ4n) is 4.01. The molecule has 0 bridgehead atoms. The summed E-state index contributed by atoms with van der Waals surface area (Å²) in [5.41, 5.74) is 2.98. The summed E-state index contributed by atoms with van der Waals surface area (Å²) in [5, 5.41) is 15.7. The van der Waals surface area contributed by atoms with E-state index in [9.17, 15) is 19.5 Å². The molecule has 0 saturated heterocycles. The molecule has 178 valence electrons. The Morgan fingerprint density at radius 2 is 1.79 bits per heavy atom. The Balaban J connectivity index is 1.37. The van der Waals surface area contributed by atoms with Crippen molar-refractivity contribution < 1.29 is 19.5 Å². The molecule has 0 unspecified atom stereocenters. The summed E-state index contributed by atoms with van der Waals surface area (Å²) < 4.78 is 1.62. The Morgan fingerprint density at radius 3 is 2.53 bits per heavy atom. The number of nitrogens with zero attached hydrogens (tertiary/aromatic N) is 1. The van der Waals surface area contributed by atoms with Crippen LogP contribution in [-0.4, -0.2) is 33.6 Å². The predicted molar refractivity (Wildman–Crippen MR) is 137 cm³/mol. The molecule has 2 aromatic carbocycles. The van der Waals surface area contributed by atoms with Crippen LogP contribution < -0.4 is 10.6 Å². The van der Waals surface area contributed by atoms with E-state index in [4.69, 9.17) is 11.6 Å². The van der Waals surface area contributed by atoms with Crippen molar-refractivity contribution in [2.24, 2.45) is 11.8 Å². The lowest BCUT2D eigenvalue weighted by molar-refractivity contribution is -0.147. The number of amides is 2. The van der Waals surface area contributed by atoms with Crippen LogP contribution in [0.2, 0.25) is 5.02 Å². The maximum atomic E-state index is 12.7. The minimum absolute atomic E-state index is 0.155. The van der Waals surface area contributed by atoms with Crippen LogP contribution >= 0.6 is 34.7 Å². The molecule has 1 fully saturated rings. The second kappa shape index (κ2) is 10.8. The van der Waals surface area contributed by atoms with Crippen LogP contribution in [0.5, 0.6) is 0 Å². The summed E-state index contributed by atoms with van der Waals surface area (Å²) >= 11 is 8.88. The highest BCUT2D eigenvalue weighted by molar-refractivity contribution is 8.01. The molecule has 7 nitrogen and oxygen atoms in total. The minimum Gasteiger partial charge on any atom is -0.481 e. The lowest BCUT2D eigenvalue weighted by Crippen LogP contribution is -2.36. The van der Waals surface area contributed by atoms with Gasteiger partial charge in [-0.2, -0.15) is 0 Å². The number of rotatable bonds is 7. The molecule has 1 aliphatic carbocycles. The second-order valence-corrected chi connectivity index (χ2v) is 10.9. The number of carboxylic acid groups (broad SMARTS) is 1. The summed E-state index contributed by atoms with van der Waals surface area (Å²) in [6, 6.07) is 10.8. The average molecular weight is 518 g/mol. The molecule has 2 amide bonds. The molecule has 34 heavy (non-hydrogen) atoms. The highest BCUT2D eigenvalue weighted by Gasteiger charge is 2.35. The molecule has 1 saturated carbocycles. The van der Waals surface area contributed by atoms with Gasteiger partial charge in [-0.1, -0.05) is 42.3 Å². The number of aliphatic carboxylic acids is 1. The van der Waals surface area contributed by atoms with Gasteiger partial charge in [-0.05, 0) is 55.7 Å². The number of nitrogens with one attached hydrogen (secondary N) is 2. The van der Waals surface area contributed by atoms with E-state index in [0.29, 0.717) is 29.2 Å². The quantitative estimate of drug-likeness (QED) is 0.341. The zero-order valence-electron chi connectivity index (χ0n) is 18.5. The average Bonchev–Trinajstić information content (AvgIpc) is 3.22. The number of carboxylic acids is 1. The van der Waals surface area contributed by atoms with Gasteiger partial charge in [0.25, 0.3) is 0 Å². The lowest BCUT2D eigenvalue weighted by atomic mass is 9.78. The molecule has 2 atom stereocenters. The zero-order valence-corrected chi connectivity index (χ0v) is 20.9. The fraction of sp³-hybridized carbons (Fsp3) is 0.333. The number of hydrogen-bond donors (Lipinski definition) is 3.